The Hall–Kier alpha value is -2.68. The molecule has 2 aromatic heterocycles. The normalized spacial score (nSPS) is 15.3. The average Bonchev–Trinajstić information content (AvgIpc) is 3.13. The zero-order chi connectivity index (χ0) is 22.7. The molecule has 0 amide bonds. The number of hydrogen-bond donors (Lipinski definition) is 0. The molecule has 168 valence electrons. The topological polar surface area (TPSA) is 37.2 Å². The van der Waals surface area contributed by atoms with Crippen molar-refractivity contribution in [1.82, 2.24) is 24.3 Å². The highest BCUT2D eigenvalue weighted by Crippen LogP contribution is 2.21. The summed E-state index contributed by atoms with van der Waals surface area (Å²) in [7, 11) is 0. The third-order valence-corrected chi connectivity index (χ3v) is 6.38. The third kappa shape index (κ3) is 5.03. The number of rotatable bonds is 5. The van der Waals surface area contributed by atoms with Gasteiger partial charge in [0.15, 0.2) is 5.65 Å². The van der Waals surface area contributed by atoms with Crippen molar-refractivity contribution in [3.8, 4) is 11.8 Å². The molecule has 5 heteroatoms. The fourth-order valence-corrected chi connectivity index (χ4v) is 4.45. The van der Waals surface area contributed by atoms with Crippen LogP contribution in [0, 0.1) is 25.7 Å². The molecule has 0 radical (unpaired) electrons. The zero-order valence-corrected chi connectivity index (χ0v) is 20.1. The number of aromatic nitrogens is 3. The molecule has 1 fully saturated rings. The molecule has 1 saturated heterocycles. The Morgan fingerprint density at radius 3 is 2.38 bits per heavy atom. The number of nitrogens with zero attached hydrogens (tertiary/aromatic N) is 5. The molecule has 0 N–H and O–H groups in total. The number of imidazole rings is 1. The minimum Gasteiger partial charge on any atom is -0.308 e. The lowest BCUT2D eigenvalue weighted by molar-refractivity contribution is 0.118. The Labute approximate surface area is 192 Å². The van der Waals surface area contributed by atoms with Crippen molar-refractivity contribution < 1.29 is 0 Å². The first-order valence-corrected chi connectivity index (χ1v) is 11.8. The molecule has 0 saturated carbocycles. The third-order valence-electron chi connectivity index (χ3n) is 6.38. The van der Waals surface area contributed by atoms with Crippen LogP contribution in [0.2, 0.25) is 0 Å². The molecular formula is C27H35N5. The number of aryl methyl sites for hydroxylation is 3. The predicted octanol–water partition coefficient (Wildman–Crippen LogP) is 4.04. The van der Waals surface area contributed by atoms with E-state index in [-0.39, 0.29) is 0 Å². The highest BCUT2D eigenvalue weighted by Gasteiger charge is 2.17. The SMILES string of the molecule is CCc1nc2c(C)cc(C)nc2n1Cc1ccc(C#CCN2CCN(C(C)C)CC2)cc1. The van der Waals surface area contributed by atoms with Crippen LogP contribution in [-0.4, -0.2) is 63.1 Å². The van der Waals surface area contributed by atoms with Gasteiger partial charge in [0.2, 0.25) is 0 Å². The van der Waals surface area contributed by atoms with E-state index in [0.717, 1.165) is 73.9 Å². The van der Waals surface area contributed by atoms with Gasteiger partial charge in [-0.1, -0.05) is 30.9 Å². The van der Waals surface area contributed by atoms with Crippen molar-refractivity contribution in [3.05, 3.63) is 58.5 Å². The second-order valence-electron chi connectivity index (χ2n) is 9.13. The maximum atomic E-state index is 4.86. The minimum atomic E-state index is 0.638. The molecule has 1 aliphatic rings. The molecule has 0 spiro atoms. The van der Waals surface area contributed by atoms with E-state index in [1.165, 1.54) is 11.1 Å². The van der Waals surface area contributed by atoms with E-state index in [1.54, 1.807) is 0 Å². The summed E-state index contributed by atoms with van der Waals surface area (Å²) in [4.78, 5) is 14.6. The first-order valence-electron chi connectivity index (χ1n) is 11.8. The number of piperazine rings is 1. The lowest BCUT2D eigenvalue weighted by Gasteiger charge is -2.36. The molecule has 3 aromatic rings. The van der Waals surface area contributed by atoms with Crippen molar-refractivity contribution in [1.29, 1.82) is 0 Å². The van der Waals surface area contributed by atoms with Crippen LogP contribution in [0.4, 0.5) is 0 Å². The molecule has 0 bridgehead atoms. The van der Waals surface area contributed by atoms with Crippen LogP contribution < -0.4 is 0 Å². The highest BCUT2D eigenvalue weighted by atomic mass is 15.3. The van der Waals surface area contributed by atoms with Crippen LogP contribution in [0.3, 0.4) is 0 Å². The molecule has 0 atom stereocenters. The monoisotopic (exact) mass is 429 g/mol. The van der Waals surface area contributed by atoms with Crippen molar-refractivity contribution in [2.24, 2.45) is 0 Å². The van der Waals surface area contributed by atoms with Gasteiger partial charge in [-0.25, -0.2) is 9.97 Å². The van der Waals surface area contributed by atoms with Gasteiger partial charge in [-0.2, -0.15) is 0 Å². The van der Waals surface area contributed by atoms with E-state index < -0.39 is 0 Å². The first kappa shape index (κ1) is 22.5. The maximum Gasteiger partial charge on any atom is 0.160 e. The van der Waals surface area contributed by atoms with E-state index in [0.29, 0.717) is 6.04 Å². The van der Waals surface area contributed by atoms with Gasteiger partial charge < -0.3 is 4.57 Å². The van der Waals surface area contributed by atoms with Gasteiger partial charge in [0.25, 0.3) is 0 Å². The summed E-state index contributed by atoms with van der Waals surface area (Å²) in [6, 6.07) is 11.4. The fraction of sp³-hybridized carbons (Fsp3) is 0.481. The zero-order valence-electron chi connectivity index (χ0n) is 20.1. The lowest BCUT2D eigenvalue weighted by Crippen LogP contribution is -2.48. The Kier molecular flexibility index (Phi) is 6.93. The quantitative estimate of drug-likeness (QED) is 0.574. The summed E-state index contributed by atoms with van der Waals surface area (Å²) >= 11 is 0. The van der Waals surface area contributed by atoms with Crippen LogP contribution in [0.5, 0.6) is 0 Å². The molecule has 4 rings (SSSR count). The Balaban J connectivity index is 1.42. The summed E-state index contributed by atoms with van der Waals surface area (Å²) in [6.07, 6.45) is 0.893. The lowest BCUT2D eigenvalue weighted by atomic mass is 10.1. The standard InChI is InChI=1S/C27H35N5/c1-6-25-29-26-21(4)18-22(5)28-27(26)32(25)19-24-11-9-23(10-12-24)8-7-13-30-14-16-31(17-15-30)20(2)3/h9-12,18,20H,6,13-17,19H2,1-5H3. The van der Waals surface area contributed by atoms with Crippen molar-refractivity contribution >= 4 is 11.2 Å². The number of hydrogen-bond acceptors (Lipinski definition) is 4. The molecule has 32 heavy (non-hydrogen) atoms. The van der Waals surface area contributed by atoms with Crippen LogP contribution in [-0.2, 0) is 13.0 Å². The van der Waals surface area contributed by atoms with Crippen LogP contribution in [0.15, 0.2) is 30.3 Å². The summed E-state index contributed by atoms with van der Waals surface area (Å²) in [5.41, 5.74) is 6.55. The number of fused-ring (bicyclic) bond motifs is 1. The van der Waals surface area contributed by atoms with Crippen molar-refractivity contribution in [2.75, 3.05) is 32.7 Å². The molecule has 0 unspecified atom stereocenters. The number of pyridine rings is 1. The van der Waals surface area contributed by atoms with Gasteiger partial charge in [0, 0.05) is 49.9 Å². The Morgan fingerprint density at radius 1 is 1.00 bits per heavy atom. The van der Waals surface area contributed by atoms with Crippen LogP contribution in [0.25, 0.3) is 11.2 Å². The summed E-state index contributed by atoms with van der Waals surface area (Å²) < 4.78 is 2.26. The van der Waals surface area contributed by atoms with Gasteiger partial charge in [0.1, 0.15) is 11.3 Å². The van der Waals surface area contributed by atoms with Crippen LogP contribution >= 0.6 is 0 Å². The molecular weight excluding hydrogens is 394 g/mol. The molecule has 1 aromatic carbocycles. The highest BCUT2D eigenvalue weighted by molar-refractivity contribution is 5.76. The first-order chi connectivity index (χ1) is 15.4. The fourth-order valence-electron chi connectivity index (χ4n) is 4.45. The van der Waals surface area contributed by atoms with Crippen LogP contribution in [0.1, 0.15) is 49.0 Å². The second kappa shape index (κ2) is 9.85. The molecule has 0 aliphatic carbocycles. The summed E-state index contributed by atoms with van der Waals surface area (Å²) in [5.74, 6) is 7.80. The predicted molar refractivity (Wildman–Crippen MR) is 132 cm³/mol. The molecule has 5 nitrogen and oxygen atoms in total. The van der Waals surface area contributed by atoms with Gasteiger partial charge in [-0.15, -0.1) is 0 Å². The van der Waals surface area contributed by atoms with E-state index in [9.17, 15) is 0 Å². The molecule has 3 heterocycles. The smallest absolute Gasteiger partial charge is 0.160 e. The van der Waals surface area contributed by atoms with E-state index in [2.05, 4.69) is 84.2 Å². The average molecular weight is 430 g/mol. The summed E-state index contributed by atoms with van der Waals surface area (Å²) in [5, 5.41) is 0. The minimum absolute atomic E-state index is 0.638. The summed E-state index contributed by atoms with van der Waals surface area (Å²) in [6.45, 7) is 17.0. The van der Waals surface area contributed by atoms with Gasteiger partial charge in [-0.05, 0) is 57.0 Å². The van der Waals surface area contributed by atoms with E-state index in [1.807, 2.05) is 6.92 Å². The van der Waals surface area contributed by atoms with Crippen molar-refractivity contribution in [3.63, 3.8) is 0 Å². The van der Waals surface area contributed by atoms with Gasteiger partial charge in [-0.3, -0.25) is 9.80 Å². The Bertz CT molecular complexity index is 1120. The number of benzene rings is 1. The largest absolute Gasteiger partial charge is 0.308 e. The second-order valence-corrected chi connectivity index (χ2v) is 9.13. The maximum absolute atomic E-state index is 4.86. The Morgan fingerprint density at radius 2 is 1.72 bits per heavy atom. The molecule has 1 aliphatic heterocycles. The van der Waals surface area contributed by atoms with E-state index in [4.69, 9.17) is 9.97 Å². The van der Waals surface area contributed by atoms with Crippen molar-refractivity contribution in [2.45, 2.75) is 53.6 Å². The van der Waals surface area contributed by atoms with Gasteiger partial charge >= 0.3 is 0 Å². The van der Waals surface area contributed by atoms with E-state index >= 15 is 0 Å². The van der Waals surface area contributed by atoms with Gasteiger partial charge in [0.05, 0.1) is 13.1 Å².